The minimum atomic E-state index is -0.861. The molecule has 3 aromatic rings. The number of ketones is 1. The lowest BCUT2D eigenvalue weighted by Gasteiger charge is -2.15. The van der Waals surface area contributed by atoms with Gasteiger partial charge in [-0.05, 0) is 23.8 Å². The van der Waals surface area contributed by atoms with Crippen molar-refractivity contribution in [1.82, 2.24) is 0 Å². The second-order valence-electron chi connectivity index (χ2n) is 5.35. The minimum Gasteiger partial charge on any atom is -0.398 e. The molecule has 0 fully saturated rings. The summed E-state index contributed by atoms with van der Waals surface area (Å²) in [7, 11) is 0. The molecule has 0 saturated heterocycles. The molecule has 0 bridgehead atoms. The maximum Gasteiger partial charge on any atom is 0.193 e. The van der Waals surface area contributed by atoms with Crippen molar-refractivity contribution >= 4 is 11.5 Å². The third kappa shape index (κ3) is 3.15. The van der Waals surface area contributed by atoms with Gasteiger partial charge in [0, 0.05) is 22.4 Å². The fourth-order valence-electron chi connectivity index (χ4n) is 2.52. The highest BCUT2D eigenvalue weighted by atomic mass is 16.3. The normalized spacial score (nSPS) is 11.9. The molecule has 3 N–H and O–H groups in total. The number of carbonyl (C=O) groups excluding carboxylic acids is 1. The number of nitrogen functional groups attached to an aromatic ring is 1. The van der Waals surface area contributed by atoms with Crippen LogP contribution in [0.2, 0.25) is 0 Å². The molecule has 0 aliphatic carbocycles. The first kappa shape index (κ1) is 15.0. The average molecular weight is 303 g/mol. The summed E-state index contributed by atoms with van der Waals surface area (Å²) in [6, 6.07) is 23.3. The van der Waals surface area contributed by atoms with E-state index in [2.05, 4.69) is 0 Å². The Bertz CT molecular complexity index is 814. The smallest absolute Gasteiger partial charge is 0.193 e. The molecule has 1 unspecified atom stereocenters. The minimum absolute atomic E-state index is 0.0906. The summed E-state index contributed by atoms with van der Waals surface area (Å²) in [6.45, 7) is 0. The summed E-state index contributed by atoms with van der Waals surface area (Å²) in [5, 5.41) is 10.6. The molecule has 23 heavy (non-hydrogen) atoms. The van der Waals surface area contributed by atoms with E-state index < -0.39 is 6.10 Å². The topological polar surface area (TPSA) is 63.3 Å². The second-order valence-corrected chi connectivity index (χ2v) is 5.35. The zero-order valence-corrected chi connectivity index (χ0v) is 12.5. The van der Waals surface area contributed by atoms with Gasteiger partial charge in [0.2, 0.25) is 0 Å². The Hall–Kier alpha value is -2.91. The van der Waals surface area contributed by atoms with Crippen molar-refractivity contribution in [2.24, 2.45) is 0 Å². The van der Waals surface area contributed by atoms with Crippen molar-refractivity contribution in [2.75, 3.05) is 5.73 Å². The van der Waals surface area contributed by atoms with Crippen molar-refractivity contribution < 1.29 is 9.90 Å². The van der Waals surface area contributed by atoms with Gasteiger partial charge < -0.3 is 10.8 Å². The number of rotatable bonds is 4. The molecule has 3 aromatic carbocycles. The third-order valence-corrected chi connectivity index (χ3v) is 3.79. The number of hydrogen-bond donors (Lipinski definition) is 2. The summed E-state index contributed by atoms with van der Waals surface area (Å²) < 4.78 is 0. The van der Waals surface area contributed by atoms with Crippen LogP contribution in [0, 0.1) is 0 Å². The number of nitrogens with two attached hydrogens (primary N) is 1. The molecule has 0 radical (unpaired) electrons. The molecule has 0 saturated carbocycles. The van der Waals surface area contributed by atoms with Crippen LogP contribution in [0.15, 0.2) is 78.9 Å². The van der Waals surface area contributed by atoms with Crippen molar-refractivity contribution in [1.29, 1.82) is 0 Å². The number of aliphatic hydroxyl groups excluding tert-OH is 1. The molecule has 1 atom stereocenters. The first-order valence-electron chi connectivity index (χ1n) is 7.39. The first-order valence-corrected chi connectivity index (χ1v) is 7.39. The zero-order valence-electron chi connectivity index (χ0n) is 12.5. The van der Waals surface area contributed by atoms with Gasteiger partial charge in [-0.2, -0.15) is 0 Å². The molecular weight excluding hydrogens is 286 g/mol. The summed E-state index contributed by atoms with van der Waals surface area (Å²) >= 11 is 0. The molecule has 3 nitrogen and oxygen atoms in total. The second kappa shape index (κ2) is 6.46. The fraction of sp³-hybridized carbons (Fsp3) is 0.0500. The molecule has 0 amide bonds. The van der Waals surface area contributed by atoms with E-state index in [1.165, 1.54) is 0 Å². The van der Waals surface area contributed by atoms with Gasteiger partial charge in [0.05, 0.1) is 0 Å². The lowest BCUT2D eigenvalue weighted by Crippen LogP contribution is -2.07. The molecule has 0 heterocycles. The van der Waals surface area contributed by atoms with E-state index in [4.69, 9.17) is 5.73 Å². The van der Waals surface area contributed by atoms with Crippen LogP contribution >= 0.6 is 0 Å². The van der Waals surface area contributed by atoms with Crippen LogP contribution < -0.4 is 5.73 Å². The van der Waals surface area contributed by atoms with Gasteiger partial charge in [-0.1, -0.05) is 60.7 Å². The van der Waals surface area contributed by atoms with Crippen molar-refractivity contribution in [3.63, 3.8) is 0 Å². The Balaban J connectivity index is 1.98. The highest BCUT2D eigenvalue weighted by Gasteiger charge is 2.16. The Labute approximate surface area is 135 Å². The van der Waals surface area contributed by atoms with Gasteiger partial charge in [-0.15, -0.1) is 0 Å². The highest BCUT2D eigenvalue weighted by Crippen LogP contribution is 2.28. The van der Waals surface area contributed by atoms with Crippen LogP contribution in [0.5, 0.6) is 0 Å². The number of hydrogen-bond acceptors (Lipinski definition) is 3. The molecule has 114 valence electrons. The Morgan fingerprint density at radius 2 is 1.43 bits per heavy atom. The van der Waals surface area contributed by atoms with E-state index in [9.17, 15) is 9.90 Å². The predicted octanol–water partition coefficient (Wildman–Crippen LogP) is 3.58. The summed E-state index contributed by atoms with van der Waals surface area (Å²) in [5.74, 6) is -0.0906. The van der Waals surface area contributed by atoms with E-state index >= 15 is 0 Å². The molecular formula is C20H17NO2. The largest absolute Gasteiger partial charge is 0.398 e. The summed E-state index contributed by atoms with van der Waals surface area (Å²) in [5.41, 5.74) is 8.86. The van der Waals surface area contributed by atoms with Gasteiger partial charge in [0.25, 0.3) is 0 Å². The van der Waals surface area contributed by atoms with Crippen LogP contribution in [0.25, 0.3) is 0 Å². The van der Waals surface area contributed by atoms with Crippen LogP contribution in [0.4, 0.5) is 5.69 Å². The van der Waals surface area contributed by atoms with Crippen molar-refractivity contribution in [3.8, 4) is 0 Å². The van der Waals surface area contributed by atoms with Gasteiger partial charge >= 0.3 is 0 Å². The highest BCUT2D eigenvalue weighted by molar-refractivity contribution is 6.09. The molecule has 0 spiro atoms. The molecule has 3 rings (SSSR count). The molecule has 0 aliphatic heterocycles. The lowest BCUT2D eigenvalue weighted by molar-refractivity contribution is 0.103. The zero-order chi connectivity index (χ0) is 16.2. The van der Waals surface area contributed by atoms with E-state index in [-0.39, 0.29) is 5.78 Å². The van der Waals surface area contributed by atoms with Gasteiger partial charge in [-0.3, -0.25) is 4.79 Å². The number of anilines is 1. The predicted molar refractivity (Wildman–Crippen MR) is 91.2 cm³/mol. The summed E-state index contributed by atoms with van der Waals surface area (Å²) in [6.07, 6.45) is -0.861. The monoisotopic (exact) mass is 303 g/mol. The van der Waals surface area contributed by atoms with Crippen LogP contribution in [0.3, 0.4) is 0 Å². The van der Waals surface area contributed by atoms with E-state index in [1.54, 1.807) is 30.3 Å². The molecule has 3 heteroatoms. The number of benzene rings is 3. The van der Waals surface area contributed by atoms with Gasteiger partial charge in [0.1, 0.15) is 6.10 Å². The molecule has 0 aliphatic rings. The van der Waals surface area contributed by atoms with Gasteiger partial charge in [0.15, 0.2) is 5.78 Å². The van der Waals surface area contributed by atoms with E-state index in [0.29, 0.717) is 22.4 Å². The number of aliphatic hydroxyl groups is 1. The van der Waals surface area contributed by atoms with Gasteiger partial charge in [-0.25, -0.2) is 0 Å². The Morgan fingerprint density at radius 3 is 2.09 bits per heavy atom. The standard InChI is InChI=1S/C20H17NO2/c21-18-12-11-16(19(22)14-7-3-1-4-8-14)13-17(18)20(23)15-9-5-2-6-10-15/h1-13,20,23H,21H2. The Kier molecular flexibility index (Phi) is 4.22. The van der Waals surface area contributed by atoms with Crippen LogP contribution in [-0.2, 0) is 0 Å². The maximum atomic E-state index is 12.5. The SMILES string of the molecule is Nc1ccc(C(=O)c2ccccc2)cc1C(O)c1ccccc1. The quantitative estimate of drug-likeness (QED) is 0.572. The van der Waals surface area contributed by atoms with Crippen molar-refractivity contribution in [3.05, 3.63) is 101 Å². The van der Waals surface area contributed by atoms with Crippen molar-refractivity contribution in [2.45, 2.75) is 6.10 Å². The lowest BCUT2D eigenvalue weighted by atomic mass is 9.95. The third-order valence-electron chi connectivity index (χ3n) is 3.79. The molecule has 0 aromatic heterocycles. The van der Waals surface area contributed by atoms with E-state index in [0.717, 1.165) is 5.56 Å². The average Bonchev–Trinajstić information content (AvgIpc) is 2.62. The summed E-state index contributed by atoms with van der Waals surface area (Å²) in [4.78, 5) is 12.5. The fourth-order valence-corrected chi connectivity index (χ4v) is 2.52. The number of carbonyl (C=O) groups is 1. The van der Waals surface area contributed by atoms with Crippen LogP contribution in [-0.4, -0.2) is 10.9 Å². The van der Waals surface area contributed by atoms with Crippen LogP contribution in [0.1, 0.15) is 33.2 Å². The first-order chi connectivity index (χ1) is 11.2. The van der Waals surface area contributed by atoms with E-state index in [1.807, 2.05) is 48.5 Å². The maximum absolute atomic E-state index is 12.5. The Morgan fingerprint density at radius 1 is 0.826 bits per heavy atom.